The summed E-state index contributed by atoms with van der Waals surface area (Å²) in [6.07, 6.45) is 0. The van der Waals surface area contributed by atoms with Crippen molar-refractivity contribution >= 4 is 5.69 Å². The van der Waals surface area contributed by atoms with Gasteiger partial charge in [-0.3, -0.25) is 0 Å². The molecule has 0 saturated heterocycles. The summed E-state index contributed by atoms with van der Waals surface area (Å²) in [7, 11) is 0. The van der Waals surface area contributed by atoms with E-state index in [2.05, 4.69) is 0 Å². The minimum atomic E-state index is -0.251. The zero-order chi connectivity index (χ0) is 5.98. The summed E-state index contributed by atoms with van der Waals surface area (Å²) in [6, 6.07) is 5.70. The molecule has 0 aliphatic carbocycles. The van der Waals surface area contributed by atoms with Gasteiger partial charge in [0.1, 0.15) is 5.82 Å². The lowest BCUT2D eigenvalue weighted by Crippen LogP contribution is -1.82. The maximum absolute atomic E-state index is 12.0. The Bertz CT molecular complexity index is 150. The quantitative estimate of drug-likeness (QED) is 0.521. The van der Waals surface area contributed by atoms with Gasteiger partial charge in [-0.2, -0.15) is 0 Å². The van der Waals surface area contributed by atoms with E-state index in [4.69, 9.17) is 5.73 Å². The number of hydrogen-bond donors (Lipinski definition) is 2. The van der Waals surface area contributed by atoms with Gasteiger partial charge in [-0.05, 0) is 24.3 Å². The van der Waals surface area contributed by atoms with Crippen LogP contribution in [0.3, 0.4) is 0 Å². The number of rotatable bonds is 0. The average Bonchev–Trinajstić information content (AvgIpc) is 1.77. The highest BCUT2D eigenvalue weighted by molar-refractivity contribution is 5.36. The summed E-state index contributed by atoms with van der Waals surface area (Å²) in [5.41, 5.74) is 5.85. The van der Waals surface area contributed by atoms with E-state index in [-0.39, 0.29) is 12.0 Å². The van der Waals surface area contributed by atoms with Crippen molar-refractivity contribution in [2.75, 3.05) is 5.73 Å². The van der Waals surface area contributed by atoms with E-state index in [1.165, 1.54) is 24.3 Å². The molecule has 0 aliphatic rings. The highest BCUT2D eigenvalue weighted by Crippen LogP contribution is 2.01. The third-order valence-corrected chi connectivity index (χ3v) is 0.870. The average molecular weight is 128 g/mol. The molecule has 0 bridgehead atoms. The first-order valence-electron chi connectivity index (χ1n) is 2.30. The second-order valence-corrected chi connectivity index (χ2v) is 1.55. The summed E-state index contributed by atoms with van der Waals surface area (Å²) >= 11 is 0. The molecule has 1 aromatic rings. The standard InChI is InChI=1S/C6H6FN.H3N/c7-5-1-3-6(8)4-2-5;/h1-4H,8H2;1H3. The molecule has 5 N–H and O–H groups in total. The van der Waals surface area contributed by atoms with Gasteiger partial charge in [-0.25, -0.2) is 4.39 Å². The van der Waals surface area contributed by atoms with Crippen molar-refractivity contribution in [1.82, 2.24) is 6.15 Å². The second-order valence-electron chi connectivity index (χ2n) is 1.55. The van der Waals surface area contributed by atoms with Crippen LogP contribution in [0, 0.1) is 5.82 Å². The van der Waals surface area contributed by atoms with Gasteiger partial charge in [-0.15, -0.1) is 0 Å². The Morgan fingerprint density at radius 1 is 1.11 bits per heavy atom. The van der Waals surface area contributed by atoms with Gasteiger partial charge >= 0.3 is 0 Å². The molecule has 0 aromatic heterocycles. The highest BCUT2D eigenvalue weighted by Gasteiger charge is 1.83. The Morgan fingerprint density at radius 2 is 1.56 bits per heavy atom. The molecule has 0 fully saturated rings. The highest BCUT2D eigenvalue weighted by atomic mass is 19.1. The molecule has 1 aromatic carbocycles. The van der Waals surface area contributed by atoms with Gasteiger partial charge in [0, 0.05) is 5.69 Å². The Morgan fingerprint density at radius 3 is 1.89 bits per heavy atom. The van der Waals surface area contributed by atoms with Gasteiger partial charge in [0.15, 0.2) is 0 Å². The maximum Gasteiger partial charge on any atom is 0.123 e. The zero-order valence-corrected chi connectivity index (χ0v) is 4.97. The summed E-state index contributed by atoms with van der Waals surface area (Å²) in [5, 5.41) is 0. The van der Waals surface area contributed by atoms with E-state index in [0.717, 1.165) is 0 Å². The first-order valence-corrected chi connectivity index (χ1v) is 2.30. The number of nitrogen functional groups attached to an aromatic ring is 1. The van der Waals surface area contributed by atoms with Crippen LogP contribution in [0.5, 0.6) is 0 Å². The number of benzene rings is 1. The van der Waals surface area contributed by atoms with E-state index in [1.807, 2.05) is 0 Å². The third-order valence-electron chi connectivity index (χ3n) is 0.870. The summed E-state index contributed by atoms with van der Waals surface area (Å²) in [6.45, 7) is 0. The summed E-state index contributed by atoms with van der Waals surface area (Å²) < 4.78 is 12.0. The van der Waals surface area contributed by atoms with Crippen LogP contribution in [0.2, 0.25) is 0 Å². The van der Waals surface area contributed by atoms with Crippen LogP contribution < -0.4 is 11.9 Å². The fraction of sp³-hybridized carbons (Fsp3) is 0. The molecule has 2 nitrogen and oxygen atoms in total. The van der Waals surface area contributed by atoms with Crippen molar-refractivity contribution in [2.24, 2.45) is 0 Å². The maximum atomic E-state index is 12.0. The molecule has 0 atom stereocenters. The van der Waals surface area contributed by atoms with Crippen LogP contribution in [-0.4, -0.2) is 0 Å². The van der Waals surface area contributed by atoms with Crippen LogP contribution in [0.4, 0.5) is 10.1 Å². The van der Waals surface area contributed by atoms with E-state index >= 15 is 0 Å². The molecule has 0 aliphatic heterocycles. The lowest BCUT2D eigenvalue weighted by molar-refractivity contribution is 0.628. The van der Waals surface area contributed by atoms with Crippen LogP contribution >= 0.6 is 0 Å². The minimum Gasteiger partial charge on any atom is -0.399 e. The van der Waals surface area contributed by atoms with Crippen molar-refractivity contribution < 1.29 is 4.39 Å². The van der Waals surface area contributed by atoms with Gasteiger partial charge in [0.25, 0.3) is 0 Å². The van der Waals surface area contributed by atoms with E-state index in [9.17, 15) is 4.39 Å². The molecule has 1 rings (SSSR count). The molecule has 0 spiro atoms. The van der Waals surface area contributed by atoms with Crippen molar-refractivity contribution in [3.8, 4) is 0 Å². The van der Waals surface area contributed by atoms with Crippen LogP contribution in [0.15, 0.2) is 24.3 Å². The molecular formula is C6H9FN2. The Labute approximate surface area is 53.1 Å². The molecule has 0 saturated carbocycles. The molecule has 0 amide bonds. The van der Waals surface area contributed by atoms with Gasteiger partial charge in [0.05, 0.1) is 0 Å². The number of hydrogen-bond acceptors (Lipinski definition) is 2. The second kappa shape index (κ2) is 3.04. The number of halogens is 1. The van der Waals surface area contributed by atoms with E-state index < -0.39 is 0 Å². The third kappa shape index (κ3) is 2.10. The predicted molar refractivity (Wildman–Crippen MR) is 35.8 cm³/mol. The van der Waals surface area contributed by atoms with Crippen molar-refractivity contribution in [3.05, 3.63) is 30.1 Å². The lowest BCUT2D eigenvalue weighted by Gasteiger charge is -1.87. The van der Waals surface area contributed by atoms with Crippen LogP contribution in [0.1, 0.15) is 0 Å². The normalized spacial score (nSPS) is 8.11. The first-order chi connectivity index (χ1) is 3.79. The molecular weight excluding hydrogens is 119 g/mol. The first kappa shape index (κ1) is 7.91. The minimum absolute atomic E-state index is 0. The van der Waals surface area contributed by atoms with E-state index in [1.54, 1.807) is 0 Å². The summed E-state index contributed by atoms with van der Waals surface area (Å²) in [4.78, 5) is 0. The monoisotopic (exact) mass is 128 g/mol. The molecule has 3 heteroatoms. The molecule has 50 valence electrons. The Kier molecular flexibility index (Phi) is 2.67. The Hall–Kier alpha value is -1.09. The predicted octanol–water partition coefficient (Wildman–Crippen LogP) is 1.57. The molecule has 0 radical (unpaired) electrons. The zero-order valence-electron chi connectivity index (χ0n) is 4.97. The SMILES string of the molecule is N.Nc1ccc(F)cc1. The van der Waals surface area contributed by atoms with Gasteiger partial charge < -0.3 is 11.9 Å². The van der Waals surface area contributed by atoms with Crippen molar-refractivity contribution in [1.29, 1.82) is 0 Å². The van der Waals surface area contributed by atoms with E-state index in [0.29, 0.717) is 5.69 Å². The smallest absolute Gasteiger partial charge is 0.123 e. The molecule has 0 heterocycles. The van der Waals surface area contributed by atoms with Crippen molar-refractivity contribution in [3.63, 3.8) is 0 Å². The fourth-order valence-corrected chi connectivity index (χ4v) is 0.463. The summed E-state index contributed by atoms with van der Waals surface area (Å²) in [5.74, 6) is -0.251. The van der Waals surface area contributed by atoms with Gasteiger partial charge in [-0.1, -0.05) is 0 Å². The lowest BCUT2D eigenvalue weighted by atomic mass is 10.3. The molecule has 9 heavy (non-hydrogen) atoms. The van der Waals surface area contributed by atoms with Crippen LogP contribution in [-0.2, 0) is 0 Å². The molecule has 0 unspecified atom stereocenters. The van der Waals surface area contributed by atoms with Crippen LogP contribution in [0.25, 0.3) is 0 Å². The fourth-order valence-electron chi connectivity index (χ4n) is 0.463. The topological polar surface area (TPSA) is 61.0 Å². The Balaban J connectivity index is 0.000000640. The number of nitrogens with two attached hydrogens (primary N) is 1. The van der Waals surface area contributed by atoms with Gasteiger partial charge in [0.2, 0.25) is 0 Å². The number of anilines is 1. The van der Waals surface area contributed by atoms with Crippen molar-refractivity contribution in [2.45, 2.75) is 0 Å². The largest absolute Gasteiger partial charge is 0.399 e.